The van der Waals surface area contributed by atoms with E-state index in [2.05, 4.69) is 114 Å². The normalized spacial score (nSPS) is 10.8. The van der Waals surface area contributed by atoms with Crippen LogP contribution in [0.3, 0.4) is 0 Å². The Morgan fingerprint density at radius 3 is 1.33 bits per heavy atom. The van der Waals surface area contributed by atoms with Crippen LogP contribution in [0, 0.1) is 11.8 Å². The fraction of sp³-hybridized carbons (Fsp3) is 0.278. The Hall–Kier alpha value is -4.94. The summed E-state index contributed by atoms with van der Waals surface area (Å²) in [6.45, 7) is 11.7. The summed E-state index contributed by atoms with van der Waals surface area (Å²) in [5.41, 5.74) is 4.26. The second kappa shape index (κ2) is 17.8. The van der Waals surface area contributed by atoms with Crippen LogP contribution in [0.25, 0.3) is 21.1 Å². The van der Waals surface area contributed by atoms with Crippen molar-refractivity contribution in [1.29, 1.82) is 0 Å². The molecule has 12 heteroatoms. The minimum absolute atomic E-state index is 0.572. The largest absolute Gasteiger partial charge is 0.370 e. The zero-order valence-electron chi connectivity index (χ0n) is 27.7. The highest BCUT2D eigenvalue weighted by molar-refractivity contribution is 7.13. The smallest absolute Gasteiger partial charge is 0.224 e. The summed E-state index contributed by atoms with van der Waals surface area (Å²) >= 11 is 3.30. The molecule has 4 heterocycles. The van der Waals surface area contributed by atoms with Crippen molar-refractivity contribution < 1.29 is 0 Å². The van der Waals surface area contributed by atoms with Crippen LogP contribution in [-0.4, -0.2) is 43.0 Å². The van der Waals surface area contributed by atoms with Gasteiger partial charge in [0.1, 0.15) is 21.7 Å². The Labute approximate surface area is 290 Å². The van der Waals surface area contributed by atoms with Crippen molar-refractivity contribution in [2.24, 2.45) is 11.8 Å². The standard InChI is InChI=1S/2C18H21N5S/c2*1-13(2)10-20-16-8-9-19-18(23-16)21-11-15-12-24-17(22-15)14-6-4-3-5-7-14/h2*3-9,12-13H,10-11H2,1-2H3,(H2,19,20,21,23). The van der Waals surface area contributed by atoms with Crippen LogP contribution in [0.4, 0.5) is 23.5 Å². The first-order chi connectivity index (χ1) is 23.4. The van der Waals surface area contributed by atoms with Crippen molar-refractivity contribution in [3.05, 3.63) is 107 Å². The monoisotopic (exact) mass is 678 g/mol. The molecular formula is C36H42N10S2. The molecule has 0 bridgehead atoms. The molecule has 0 saturated carbocycles. The molecule has 48 heavy (non-hydrogen) atoms. The second-order valence-electron chi connectivity index (χ2n) is 11.8. The number of rotatable bonds is 14. The lowest BCUT2D eigenvalue weighted by molar-refractivity contribution is 0.687. The summed E-state index contributed by atoms with van der Waals surface area (Å²) in [5, 5.41) is 19.3. The predicted octanol–water partition coefficient (Wildman–Crippen LogP) is 8.56. The van der Waals surface area contributed by atoms with E-state index in [-0.39, 0.29) is 0 Å². The number of hydrogen-bond acceptors (Lipinski definition) is 12. The minimum Gasteiger partial charge on any atom is -0.370 e. The van der Waals surface area contributed by atoms with Gasteiger partial charge in [-0.1, -0.05) is 88.4 Å². The molecule has 10 nitrogen and oxygen atoms in total. The Morgan fingerprint density at radius 1 is 0.521 bits per heavy atom. The maximum Gasteiger partial charge on any atom is 0.224 e. The first-order valence-corrected chi connectivity index (χ1v) is 17.8. The van der Waals surface area contributed by atoms with Gasteiger partial charge in [0.05, 0.1) is 24.5 Å². The van der Waals surface area contributed by atoms with Crippen molar-refractivity contribution in [2.75, 3.05) is 34.4 Å². The summed E-state index contributed by atoms with van der Waals surface area (Å²) in [7, 11) is 0. The molecule has 0 unspecified atom stereocenters. The molecule has 2 aromatic carbocycles. The van der Waals surface area contributed by atoms with Crippen LogP contribution in [0.15, 0.2) is 96.0 Å². The number of nitrogens with one attached hydrogen (secondary N) is 4. The molecule has 0 spiro atoms. The lowest BCUT2D eigenvalue weighted by Gasteiger charge is -2.09. The fourth-order valence-corrected chi connectivity index (χ4v) is 5.90. The highest BCUT2D eigenvalue weighted by Crippen LogP contribution is 2.24. The fourth-order valence-electron chi connectivity index (χ4n) is 4.24. The molecule has 4 aromatic heterocycles. The Morgan fingerprint density at radius 2 is 0.938 bits per heavy atom. The quantitative estimate of drug-likeness (QED) is 0.0890. The lowest BCUT2D eigenvalue weighted by Crippen LogP contribution is -2.11. The molecular weight excluding hydrogens is 637 g/mol. The number of benzene rings is 2. The number of anilines is 4. The SMILES string of the molecule is CC(C)CNc1ccnc(NCc2csc(-c3ccccc3)n2)n1.CC(C)CNc1ccnc(NCc2csc(-c3ccccc3)n2)n1. The first kappa shape index (κ1) is 34.4. The molecule has 248 valence electrons. The number of hydrogen-bond donors (Lipinski definition) is 4. The molecule has 0 saturated heterocycles. The maximum absolute atomic E-state index is 4.66. The number of aromatic nitrogens is 6. The van der Waals surface area contributed by atoms with Gasteiger partial charge in [-0.15, -0.1) is 22.7 Å². The summed E-state index contributed by atoms with van der Waals surface area (Å²) in [5.74, 6) is 4.04. The highest BCUT2D eigenvalue weighted by atomic mass is 32.1. The van der Waals surface area contributed by atoms with Gasteiger partial charge in [0.15, 0.2) is 0 Å². The van der Waals surface area contributed by atoms with Crippen LogP contribution < -0.4 is 21.3 Å². The zero-order valence-corrected chi connectivity index (χ0v) is 29.4. The molecule has 4 N–H and O–H groups in total. The highest BCUT2D eigenvalue weighted by Gasteiger charge is 2.07. The summed E-state index contributed by atoms with van der Waals surface area (Å²) in [4.78, 5) is 26.8. The van der Waals surface area contributed by atoms with Crippen LogP contribution >= 0.6 is 22.7 Å². The van der Waals surface area contributed by atoms with Gasteiger partial charge >= 0.3 is 0 Å². The van der Waals surface area contributed by atoms with E-state index < -0.39 is 0 Å². The van der Waals surface area contributed by atoms with Crippen molar-refractivity contribution >= 4 is 46.2 Å². The van der Waals surface area contributed by atoms with E-state index in [9.17, 15) is 0 Å². The summed E-state index contributed by atoms with van der Waals surface area (Å²) < 4.78 is 0. The van der Waals surface area contributed by atoms with Gasteiger partial charge < -0.3 is 21.3 Å². The van der Waals surface area contributed by atoms with Gasteiger partial charge in [-0.2, -0.15) is 9.97 Å². The topological polar surface area (TPSA) is 125 Å². The van der Waals surface area contributed by atoms with Crippen LogP contribution in [0.2, 0.25) is 0 Å². The summed E-state index contributed by atoms with van der Waals surface area (Å²) in [6.07, 6.45) is 3.52. The average Bonchev–Trinajstić information content (AvgIpc) is 3.80. The van der Waals surface area contributed by atoms with Crippen molar-refractivity contribution in [2.45, 2.75) is 40.8 Å². The van der Waals surface area contributed by atoms with Crippen LogP contribution in [0.1, 0.15) is 39.1 Å². The van der Waals surface area contributed by atoms with E-state index in [1.54, 1.807) is 35.1 Å². The third-order valence-corrected chi connectivity index (χ3v) is 8.57. The van der Waals surface area contributed by atoms with E-state index in [4.69, 9.17) is 0 Å². The van der Waals surface area contributed by atoms with E-state index >= 15 is 0 Å². The lowest BCUT2D eigenvalue weighted by atomic mass is 10.2. The van der Waals surface area contributed by atoms with Crippen molar-refractivity contribution in [3.8, 4) is 21.1 Å². The van der Waals surface area contributed by atoms with Gasteiger partial charge in [-0.3, -0.25) is 0 Å². The van der Waals surface area contributed by atoms with Gasteiger partial charge in [-0.25, -0.2) is 19.9 Å². The number of nitrogens with zero attached hydrogens (tertiary/aromatic N) is 6. The van der Waals surface area contributed by atoms with Gasteiger partial charge in [0, 0.05) is 47.4 Å². The Kier molecular flexibility index (Phi) is 12.8. The Balaban J connectivity index is 0.000000188. The van der Waals surface area contributed by atoms with E-state index in [0.29, 0.717) is 36.8 Å². The molecule has 0 atom stereocenters. The van der Waals surface area contributed by atoms with Gasteiger partial charge in [-0.05, 0) is 24.0 Å². The first-order valence-electron chi connectivity index (χ1n) is 16.0. The van der Waals surface area contributed by atoms with Crippen LogP contribution in [-0.2, 0) is 13.1 Å². The zero-order chi connectivity index (χ0) is 33.6. The summed E-state index contributed by atoms with van der Waals surface area (Å²) in [6, 6.07) is 24.2. The Bertz CT molecular complexity index is 1670. The van der Waals surface area contributed by atoms with Gasteiger partial charge in [0.2, 0.25) is 11.9 Å². The predicted molar refractivity (Wildman–Crippen MR) is 200 cm³/mol. The maximum atomic E-state index is 4.66. The van der Waals surface area contributed by atoms with E-state index in [1.165, 1.54) is 0 Å². The second-order valence-corrected chi connectivity index (χ2v) is 13.5. The van der Waals surface area contributed by atoms with Crippen LogP contribution in [0.5, 0.6) is 0 Å². The molecule has 0 amide bonds. The number of thiazole rings is 2. The van der Waals surface area contributed by atoms with Gasteiger partial charge in [0.25, 0.3) is 0 Å². The average molecular weight is 679 g/mol. The van der Waals surface area contributed by atoms with Crippen molar-refractivity contribution in [3.63, 3.8) is 0 Å². The molecule has 0 aliphatic heterocycles. The molecule has 0 radical (unpaired) electrons. The minimum atomic E-state index is 0.572. The third kappa shape index (κ3) is 11.1. The molecule has 0 aliphatic rings. The van der Waals surface area contributed by atoms with E-state index in [1.807, 2.05) is 48.5 Å². The van der Waals surface area contributed by atoms with E-state index in [0.717, 1.165) is 57.3 Å². The molecule has 6 rings (SSSR count). The third-order valence-electron chi connectivity index (χ3n) is 6.69. The van der Waals surface area contributed by atoms with Crippen molar-refractivity contribution in [1.82, 2.24) is 29.9 Å². The molecule has 0 fully saturated rings. The molecule has 0 aliphatic carbocycles. The molecule has 6 aromatic rings.